The van der Waals surface area contributed by atoms with Gasteiger partial charge < -0.3 is 10.6 Å². The summed E-state index contributed by atoms with van der Waals surface area (Å²) in [5.41, 5.74) is 4.52. The van der Waals surface area contributed by atoms with E-state index < -0.39 is 0 Å². The van der Waals surface area contributed by atoms with Gasteiger partial charge in [0.25, 0.3) is 11.8 Å². The average molecular weight is 456 g/mol. The molecule has 0 atom stereocenters. The third-order valence-corrected chi connectivity index (χ3v) is 5.77. The zero-order valence-electron chi connectivity index (χ0n) is 20.1. The maximum atomic E-state index is 13.4. The molecule has 0 aliphatic heterocycles. The van der Waals surface area contributed by atoms with Gasteiger partial charge in [-0.3, -0.25) is 9.59 Å². The second-order valence-corrected chi connectivity index (χ2v) is 8.92. The van der Waals surface area contributed by atoms with Crippen LogP contribution in [0.15, 0.2) is 60.8 Å². The lowest BCUT2D eigenvalue weighted by molar-refractivity contribution is 0.101. The topological polar surface area (TPSA) is 88.9 Å². The Balaban J connectivity index is 1.67. The summed E-state index contributed by atoms with van der Waals surface area (Å²) in [6.07, 6.45) is 1.69. The van der Waals surface area contributed by atoms with E-state index in [1.165, 1.54) is 0 Å². The molecule has 0 saturated carbocycles. The molecule has 0 radical (unpaired) electrons. The van der Waals surface area contributed by atoms with E-state index in [-0.39, 0.29) is 23.8 Å². The molecule has 0 unspecified atom stereocenters. The number of benzene rings is 2. The Hall–Kier alpha value is -4.00. The van der Waals surface area contributed by atoms with Gasteiger partial charge >= 0.3 is 0 Å². The first kappa shape index (κ1) is 23.2. The van der Waals surface area contributed by atoms with Crippen molar-refractivity contribution in [3.8, 4) is 0 Å². The highest BCUT2D eigenvalue weighted by atomic mass is 16.2. The molecule has 4 aromatic rings. The molecule has 2 amide bonds. The zero-order valence-corrected chi connectivity index (χ0v) is 20.1. The van der Waals surface area contributed by atoms with Crippen LogP contribution in [-0.4, -0.2) is 26.6 Å². The number of aromatic nitrogens is 3. The summed E-state index contributed by atoms with van der Waals surface area (Å²) in [5.74, 6) is -0.342. The summed E-state index contributed by atoms with van der Waals surface area (Å²) in [5, 5.41) is 11.1. The molecule has 2 heterocycles. The second-order valence-electron chi connectivity index (χ2n) is 8.92. The van der Waals surface area contributed by atoms with Crippen molar-refractivity contribution < 1.29 is 9.59 Å². The smallest absolute Gasteiger partial charge is 0.256 e. The van der Waals surface area contributed by atoms with E-state index in [2.05, 4.69) is 15.7 Å². The van der Waals surface area contributed by atoms with Crippen LogP contribution in [0, 0.1) is 6.92 Å². The standard InChI is InChI=1S/C27H29N5O2/c1-16(2)24-14-21(22-15-28-32(17(3)4)25(22)30-24)27(34)31-23-13-9-12-20(18(23)5)26(33)29-19-10-7-6-8-11-19/h6-17H,1-5H3,(H,29,33)(H,31,34). The normalized spacial score (nSPS) is 11.3. The molecule has 4 rings (SSSR count). The van der Waals surface area contributed by atoms with Gasteiger partial charge in [0.15, 0.2) is 5.65 Å². The van der Waals surface area contributed by atoms with E-state index in [4.69, 9.17) is 4.98 Å². The lowest BCUT2D eigenvalue weighted by atomic mass is 10.0. The van der Waals surface area contributed by atoms with Gasteiger partial charge in [0.2, 0.25) is 0 Å². The SMILES string of the molecule is Cc1c(NC(=O)c2cc(C(C)C)nc3c2cnn3C(C)C)cccc1C(=O)Nc1ccccc1. The van der Waals surface area contributed by atoms with Crippen molar-refractivity contribution in [2.75, 3.05) is 10.6 Å². The van der Waals surface area contributed by atoms with Gasteiger partial charge in [0.05, 0.1) is 17.1 Å². The van der Waals surface area contributed by atoms with Gasteiger partial charge in [0, 0.05) is 28.7 Å². The summed E-state index contributed by atoms with van der Waals surface area (Å²) >= 11 is 0. The summed E-state index contributed by atoms with van der Waals surface area (Å²) in [6.45, 7) is 9.99. The van der Waals surface area contributed by atoms with Gasteiger partial charge in [-0.2, -0.15) is 5.10 Å². The molecule has 0 aliphatic carbocycles. The molecule has 0 bridgehead atoms. The Morgan fingerprint density at radius 3 is 2.26 bits per heavy atom. The Morgan fingerprint density at radius 2 is 1.59 bits per heavy atom. The predicted molar refractivity (Wildman–Crippen MR) is 136 cm³/mol. The number of nitrogens with zero attached hydrogens (tertiary/aromatic N) is 3. The zero-order chi connectivity index (χ0) is 24.4. The number of para-hydroxylation sites is 1. The molecule has 2 aromatic carbocycles. The largest absolute Gasteiger partial charge is 0.322 e. The van der Waals surface area contributed by atoms with Crippen LogP contribution >= 0.6 is 0 Å². The van der Waals surface area contributed by atoms with Crippen molar-refractivity contribution in [1.82, 2.24) is 14.8 Å². The number of anilines is 2. The van der Waals surface area contributed by atoms with Crippen LogP contribution < -0.4 is 10.6 Å². The number of hydrogen-bond donors (Lipinski definition) is 2. The minimum Gasteiger partial charge on any atom is -0.322 e. The third kappa shape index (κ3) is 4.55. The van der Waals surface area contributed by atoms with Crippen molar-refractivity contribution in [3.63, 3.8) is 0 Å². The third-order valence-electron chi connectivity index (χ3n) is 5.77. The number of amides is 2. The molecular formula is C27H29N5O2. The van der Waals surface area contributed by atoms with Crippen LogP contribution in [0.25, 0.3) is 11.0 Å². The molecule has 0 aliphatic rings. The van der Waals surface area contributed by atoms with E-state index in [1.807, 2.05) is 75.7 Å². The maximum absolute atomic E-state index is 13.4. The predicted octanol–water partition coefficient (Wildman–Crippen LogP) is 5.95. The van der Waals surface area contributed by atoms with Gasteiger partial charge in [0.1, 0.15) is 0 Å². The number of carbonyl (C=O) groups is 2. The Morgan fingerprint density at radius 1 is 0.882 bits per heavy atom. The first-order chi connectivity index (χ1) is 16.3. The van der Waals surface area contributed by atoms with E-state index >= 15 is 0 Å². The second kappa shape index (κ2) is 9.47. The lowest BCUT2D eigenvalue weighted by Crippen LogP contribution is -2.17. The highest BCUT2D eigenvalue weighted by molar-refractivity contribution is 6.13. The summed E-state index contributed by atoms with van der Waals surface area (Å²) < 4.78 is 1.83. The fourth-order valence-electron chi connectivity index (χ4n) is 3.83. The number of fused-ring (bicyclic) bond motifs is 1. The van der Waals surface area contributed by atoms with E-state index in [1.54, 1.807) is 24.4 Å². The monoisotopic (exact) mass is 455 g/mol. The van der Waals surface area contributed by atoms with Crippen molar-refractivity contribution >= 4 is 34.2 Å². The molecule has 0 spiro atoms. The minimum atomic E-state index is -0.263. The maximum Gasteiger partial charge on any atom is 0.256 e. The number of carbonyl (C=O) groups excluding carboxylic acids is 2. The Bertz CT molecular complexity index is 1360. The van der Waals surface area contributed by atoms with Crippen LogP contribution in [0.5, 0.6) is 0 Å². The molecule has 2 aromatic heterocycles. The Kier molecular flexibility index (Phi) is 6.45. The first-order valence-electron chi connectivity index (χ1n) is 11.4. The molecule has 2 N–H and O–H groups in total. The number of rotatable bonds is 6. The van der Waals surface area contributed by atoms with Gasteiger partial charge in [-0.1, -0.05) is 38.1 Å². The quantitative estimate of drug-likeness (QED) is 0.376. The summed E-state index contributed by atoms with van der Waals surface area (Å²) in [6, 6.07) is 16.5. The fourth-order valence-corrected chi connectivity index (χ4v) is 3.83. The van der Waals surface area contributed by atoms with Crippen molar-refractivity contribution in [2.24, 2.45) is 0 Å². The first-order valence-corrected chi connectivity index (χ1v) is 11.4. The van der Waals surface area contributed by atoms with Crippen LogP contribution in [0.1, 0.15) is 71.6 Å². The van der Waals surface area contributed by atoms with Crippen LogP contribution in [0.2, 0.25) is 0 Å². The van der Waals surface area contributed by atoms with Crippen molar-refractivity contribution in [1.29, 1.82) is 0 Å². The molecule has 7 nitrogen and oxygen atoms in total. The molecule has 0 fully saturated rings. The van der Waals surface area contributed by atoms with E-state index in [0.717, 1.165) is 5.69 Å². The average Bonchev–Trinajstić information content (AvgIpc) is 3.24. The van der Waals surface area contributed by atoms with E-state index in [0.29, 0.717) is 39.1 Å². The molecule has 34 heavy (non-hydrogen) atoms. The number of pyridine rings is 1. The van der Waals surface area contributed by atoms with Crippen LogP contribution in [0.3, 0.4) is 0 Å². The van der Waals surface area contributed by atoms with Crippen molar-refractivity contribution in [2.45, 2.75) is 46.6 Å². The summed E-state index contributed by atoms with van der Waals surface area (Å²) in [7, 11) is 0. The van der Waals surface area contributed by atoms with Crippen molar-refractivity contribution in [3.05, 3.63) is 83.2 Å². The van der Waals surface area contributed by atoms with E-state index in [9.17, 15) is 9.59 Å². The highest BCUT2D eigenvalue weighted by Gasteiger charge is 2.20. The molecule has 174 valence electrons. The molecule has 0 saturated heterocycles. The Labute approximate surface area is 199 Å². The lowest BCUT2D eigenvalue weighted by Gasteiger charge is -2.15. The fraction of sp³-hybridized carbons (Fsp3) is 0.259. The summed E-state index contributed by atoms with van der Waals surface area (Å²) in [4.78, 5) is 31.1. The highest BCUT2D eigenvalue weighted by Crippen LogP contribution is 2.26. The number of hydrogen-bond acceptors (Lipinski definition) is 4. The van der Waals surface area contributed by atoms with Gasteiger partial charge in [-0.15, -0.1) is 0 Å². The molecular weight excluding hydrogens is 426 g/mol. The van der Waals surface area contributed by atoms with Crippen LogP contribution in [-0.2, 0) is 0 Å². The van der Waals surface area contributed by atoms with Gasteiger partial charge in [-0.25, -0.2) is 9.67 Å². The minimum absolute atomic E-state index is 0.116. The molecule has 7 heteroatoms. The van der Waals surface area contributed by atoms with Gasteiger partial charge in [-0.05, 0) is 62.6 Å². The number of nitrogens with one attached hydrogen (secondary N) is 2. The van der Waals surface area contributed by atoms with Crippen LogP contribution in [0.4, 0.5) is 11.4 Å².